The van der Waals surface area contributed by atoms with E-state index in [4.69, 9.17) is 10.8 Å². The maximum atomic E-state index is 5.24. The zero-order valence-electron chi connectivity index (χ0n) is 7.21. The van der Waals surface area contributed by atoms with Gasteiger partial charge in [-0.15, -0.1) is 12.3 Å². The summed E-state index contributed by atoms with van der Waals surface area (Å²) >= 11 is 0. The second-order valence-corrected chi connectivity index (χ2v) is 2.53. The number of hydrogen-bond acceptors (Lipinski definition) is 2. The lowest BCUT2D eigenvalue weighted by Crippen LogP contribution is -2.19. The van der Waals surface area contributed by atoms with Gasteiger partial charge in [0.05, 0.1) is 12.3 Å². The fourth-order valence-electron chi connectivity index (χ4n) is 1.13. The first-order valence-electron chi connectivity index (χ1n) is 4.08. The Kier molecular flexibility index (Phi) is 3.43. The summed E-state index contributed by atoms with van der Waals surface area (Å²) in [6, 6.07) is 3.97. The molecular weight excluding hydrogens is 150 g/mol. The number of rotatable bonds is 4. The van der Waals surface area contributed by atoms with E-state index in [-0.39, 0.29) is 6.04 Å². The molecule has 0 fully saturated rings. The number of furan rings is 1. The summed E-state index contributed by atoms with van der Waals surface area (Å²) in [7, 11) is 0. The van der Waals surface area contributed by atoms with Crippen LogP contribution in [0.15, 0.2) is 22.8 Å². The summed E-state index contributed by atoms with van der Waals surface area (Å²) < 4.78 is 5.24. The van der Waals surface area contributed by atoms with E-state index in [0.717, 1.165) is 12.3 Å². The molecule has 0 saturated carbocycles. The first-order chi connectivity index (χ1) is 5.88. The highest BCUT2D eigenvalue weighted by molar-refractivity contribution is 5.07. The molecule has 1 heterocycles. The molecule has 1 unspecified atom stereocenters. The lowest BCUT2D eigenvalue weighted by Gasteiger charge is -2.11. The van der Waals surface area contributed by atoms with Gasteiger partial charge in [0.15, 0.2) is 0 Å². The minimum atomic E-state index is 0.162. The van der Waals surface area contributed by atoms with Gasteiger partial charge >= 0.3 is 0 Å². The van der Waals surface area contributed by atoms with Crippen LogP contribution >= 0.6 is 0 Å². The highest BCUT2D eigenvalue weighted by Gasteiger charge is 2.10. The van der Waals surface area contributed by atoms with E-state index >= 15 is 0 Å². The molecule has 1 N–H and O–H groups in total. The van der Waals surface area contributed by atoms with Crippen molar-refractivity contribution in [1.82, 2.24) is 5.32 Å². The SMILES string of the molecule is C#CCC(NCC)c1ccco1. The van der Waals surface area contributed by atoms with Crippen LogP contribution in [0.2, 0.25) is 0 Å². The molecule has 64 valence electrons. The standard InChI is InChI=1S/C10H13NO/c1-3-6-9(11-4-2)10-7-5-8-12-10/h1,5,7-9,11H,4,6H2,2H3. The molecule has 0 bridgehead atoms. The lowest BCUT2D eigenvalue weighted by molar-refractivity contribution is 0.423. The quantitative estimate of drug-likeness (QED) is 0.686. The summed E-state index contributed by atoms with van der Waals surface area (Å²) in [6.45, 7) is 2.94. The predicted molar refractivity (Wildman–Crippen MR) is 48.6 cm³/mol. The Bertz CT molecular complexity index is 245. The van der Waals surface area contributed by atoms with Crippen molar-refractivity contribution in [3.8, 4) is 12.3 Å². The topological polar surface area (TPSA) is 25.2 Å². The fraction of sp³-hybridized carbons (Fsp3) is 0.400. The number of terminal acetylenes is 1. The van der Waals surface area contributed by atoms with Gasteiger partial charge in [0.1, 0.15) is 5.76 Å². The van der Waals surface area contributed by atoms with Crippen LogP contribution in [0, 0.1) is 12.3 Å². The maximum Gasteiger partial charge on any atom is 0.121 e. The molecule has 0 aliphatic heterocycles. The molecule has 0 spiro atoms. The van der Waals surface area contributed by atoms with Gasteiger partial charge in [-0.3, -0.25) is 0 Å². The molecule has 0 radical (unpaired) electrons. The lowest BCUT2D eigenvalue weighted by atomic mass is 10.1. The molecule has 12 heavy (non-hydrogen) atoms. The summed E-state index contributed by atoms with van der Waals surface area (Å²) in [6.07, 6.45) is 7.57. The van der Waals surface area contributed by atoms with Crippen molar-refractivity contribution in [2.24, 2.45) is 0 Å². The average molecular weight is 163 g/mol. The van der Waals surface area contributed by atoms with E-state index in [1.807, 2.05) is 19.1 Å². The van der Waals surface area contributed by atoms with Gasteiger partial charge in [-0.25, -0.2) is 0 Å². The van der Waals surface area contributed by atoms with Crippen molar-refractivity contribution in [2.75, 3.05) is 6.54 Å². The Morgan fingerprint density at radius 3 is 3.08 bits per heavy atom. The summed E-state index contributed by atoms with van der Waals surface area (Å²) in [5.74, 6) is 3.53. The Morgan fingerprint density at radius 1 is 1.75 bits per heavy atom. The molecule has 0 aliphatic rings. The molecule has 2 heteroatoms. The van der Waals surface area contributed by atoms with Crippen molar-refractivity contribution in [3.63, 3.8) is 0 Å². The van der Waals surface area contributed by atoms with Gasteiger partial charge in [-0.1, -0.05) is 6.92 Å². The van der Waals surface area contributed by atoms with Crippen LogP contribution in [0.5, 0.6) is 0 Å². The first-order valence-corrected chi connectivity index (χ1v) is 4.08. The van der Waals surface area contributed by atoms with E-state index < -0.39 is 0 Å². The fourth-order valence-corrected chi connectivity index (χ4v) is 1.13. The second kappa shape index (κ2) is 4.63. The third-order valence-electron chi connectivity index (χ3n) is 1.66. The monoisotopic (exact) mass is 163 g/mol. The third kappa shape index (κ3) is 2.14. The van der Waals surface area contributed by atoms with Crippen LogP contribution in [-0.4, -0.2) is 6.54 Å². The van der Waals surface area contributed by atoms with E-state index in [0.29, 0.717) is 6.42 Å². The van der Waals surface area contributed by atoms with Gasteiger partial charge in [0, 0.05) is 6.42 Å². The molecule has 1 atom stereocenters. The van der Waals surface area contributed by atoms with Crippen molar-refractivity contribution in [2.45, 2.75) is 19.4 Å². The second-order valence-electron chi connectivity index (χ2n) is 2.53. The van der Waals surface area contributed by atoms with E-state index in [1.54, 1.807) is 6.26 Å². The van der Waals surface area contributed by atoms with Crippen LogP contribution < -0.4 is 5.32 Å². The van der Waals surface area contributed by atoms with Gasteiger partial charge in [0.2, 0.25) is 0 Å². The first kappa shape index (κ1) is 8.89. The molecule has 0 aromatic carbocycles. The average Bonchev–Trinajstić information content (AvgIpc) is 2.56. The van der Waals surface area contributed by atoms with Gasteiger partial charge < -0.3 is 9.73 Å². The molecule has 0 saturated heterocycles. The number of nitrogens with one attached hydrogen (secondary N) is 1. The van der Waals surface area contributed by atoms with Crippen LogP contribution in [-0.2, 0) is 0 Å². The van der Waals surface area contributed by atoms with Crippen molar-refractivity contribution in [1.29, 1.82) is 0 Å². The molecule has 2 nitrogen and oxygen atoms in total. The normalized spacial score (nSPS) is 12.3. The van der Waals surface area contributed by atoms with Crippen LogP contribution in [0.4, 0.5) is 0 Å². The maximum absolute atomic E-state index is 5.24. The minimum Gasteiger partial charge on any atom is -0.468 e. The molecule has 0 aliphatic carbocycles. The Balaban J connectivity index is 2.61. The van der Waals surface area contributed by atoms with Crippen LogP contribution in [0.25, 0.3) is 0 Å². The van der Waals surface area contributed by atoms with E-state index in [1.165, 1.54) is 0 Å². The molecule has 1 aromatic heterocycles. The van der Waals surface area contributed by atoms with Gasteiger partial charge in [-0.05, 0) is 18.7 Å². The Labute approximate surface area is 73.0 Å². The smallest absolute Gasteiger partial charge is 0.121 e. The highest BCUT2D eigenvalue weighted by Crippen LogP contribution is 2.15. The Morgan fingerprint density at radius 2 is 2.58 bits per heavy atom. The van der Waals surface area contributed by atoms with E-state index in [2.05, 4.69) is 11.2 Å². The van der Waals surface area contributed by atoms with Crippen LogP contribution in [0.3, 0.4) is 0 Å². The number of hydrogen-bond donors (Lipinski definition) is 1. The zero-order valence-corrected chi connectivity index (χ0v) is 7.21. The third-order valence-corrected chi connectivity index (χ3v) is 1.66. The molecule has 1 aromatic rings. The van der Waals surface area contributed by atoms with Crippen molar-refractivity contribution < 1.29 is 4.42 Å². The predicted octanol–water partition coefficient (Wildman–Crippen LogP) is 1.95. The van der Waals surface area contributed by atoms with Crippen molar-refractivity contribution in [3.05, 3.63) is 24.2 Å². The van der Waals surface area contributed by atoms with Crippen LogP contribution in [0.1, 0.15) is 25.1 Å². The summed E-state index contributed by atoms with van der Waals surface area (Å²) in [4.78, 5) is 0. The van der Waals surface area contributed by atoms with Crippen molar-refractivity contribution >= 4 is 0 Å². The highest BCUT2D eigenvalue weighted by atomic mass is 16.3. The summed E-state index contributed by atoms with van der Waals surface area (Å²) in [5, 5.41) is 3.25. The summed E-state index contributed by atoms with van der Waals surface area (Å²) in [5.41, 5.74) is 0. The van der Waals surface area contributed by atoms with E-state index in [9.17, 15) is 0 Å². The van der Waals surface area contributed by atoms with Gasteiger partial charge in [-0.2, -0.15) is 0 Å². The molecule has 1 rings (SSSR count). The Hall–Kier alpha value is -1.20. The van der Waals surface area contributed by atoms with Gasteiger partial charge in [0.25, 0.3) is 0 Å². The molecule has 0 amide bonds. The minimum absolute atomic E-state index is 0.162. The largest absolute Gasteiger partial charge is 0.468 e. The zero-order chi connectivity index (χ0) is 8.81. The molecular formula is C10H13NO.